The molecule has 41 heavy (non-hydrogen) atoms. The largest absolute Gasteiger partial charge is 0.409 e. The molecule has 2 N–H and O–H groups in total. The third-order valence-electron chi connectivity index (χ3n) is 6.75. The Bertz CT molecular complexity index is 1740. The zero-order chi connectivity index (χ0) is 28.6. The van der Waals surface area contributed by atoms with E-state index in [1.807, 2.05) is 36.4 Å². The topological polar surface area (TPSA) is 125 Å². The third-order valence-corrected chi connectivity index (χ3v) is 6.75. The Balaban J connectivity index is 1.13. The highest BCUT2D eigenvalue weighted by Gasteiger charge is 2.31. The van der Waals surface area contributed by atoms with E-state index in [1.165, 1.54) is 36.4 Å². The predicted octanol–water partition coefficient (Wildman–Crippen LogP) is 5.75. The van der Waals surface area contributed by atoms with Crippen molar-refractivity contribution in [3.8, 4) is 0 Å². The molecule has 0 unspecified atom stereocenters. The summed E-state index contributed by atoms with van der Waals surface area (Å²) >= 11 is 0. The van der Waals surface area contributed by atoms with Crippen LogP contribution >= 0.6 is 0 Å². The molecule has 0 aliphatic carbocycles. The highest BCUT2D eigenvalue weighted by atomic mass is 16.2. The first-order valence-electron chi connectivity index (χ1n) is 13.3. The molecule has 0 radical (unpaired) electrons. The number of benzene rings is 4. The number of aromatic nitrogens is 1. The Hall–Kier alpha value is -5.46. The molecule has 8 heteroatoms. The maximum Gasteiger partial charge on any atom is 0.409 e. The highest BCUT2D eigenvalue weighted by Crippen LogP contribution is 2.30. The average molecular weight is 542 g/mol. The molecule has 4 aromatic carbocycles. The molecule has 0 aliphatic rings. The van der Waals surface area contributed by atoms with Crippen molar-refractivity contribution >= 4 is 50.7 Å². The van der Waals surface area contributed by atoms with Crippen LogP contribution in [-0.4, -0.2) is 46.0 Å². The van der Waals surface area contributed by atoms with E-state index in [4.69, 9.17) is 4.98 Å². The molecule has 0 saturated heterocycles. The zero-order valence-corrected chi connectivity index (χ0v) is 22.2. The van der Waals surface area contributed by atoms with E-state index in [0.29, 0.717) is 12.1 Å². The van der Waals surface area contributed by atoms with Gasteiger partial charge in [-0.3, -0.25) is 14.4 Å². The Labute approximate surface area is 236 Å². The zero-order valence-electron chi connectivity index (χ0n) is 22.2. The van der Waals surface area contributed by atoms with Crippen molar-refractivity contribution in [1.82, 2.24) is 10.3 Å². The number of ketones is 2. The summed E-state index contributed by atoms with van der Waals surface area (Å²) in [7, 11) is 0. The number of carbonyl (C=O) groups excluding carboxylic acids is 3. The van der Waals surface area contributed by atoms with Crippen LogP contribution in [0.1, 0.15) is 43.9 Å². The number of amides is 1. The Morgan fingerprint density at radius 3 is 1.76 bits per heavy atom. The molecule has 5 aromatic rings. The van der Waals surface area contributed by atoms with Crippen molar-refractivity contribution in [2.75, 3.05) is 18.4 Å². The predicted molar refractivity (Wildman–Crippen MR) is 159 cm³/mol. The lowest BCUT2D eigenvalue weighted by Crippen LogP contribution is -2.26. The fourth-order valence-electron chi connectivity index (χ4n) is 4.63. The number of pyridine rings is 1. The molecule has 8 nitrogen and oxygen atoms in total. The van der Waals surface area contributed by atoms with Gasteiger partial charge in [0.25, 0.3) is 17.5 Å². The summed E-state index contributed by atoms with van der Waals surface area (Å²) in [6.07, 6.45) is 1.62. The lowest BCUT2D eigenvalue weighted by molar-refractivity contribution is -0.00699. The molecule has 1 heterocycles. The number of hydrogen-bond acceptors (Lipinski definition) is 5. The number of fused-ring (bicyclic) bond motifs is 2. The lowest BCUT2D eigenvalue weighted by atomic mass is 9.98. The first-order valence-corrected chi connectivity index (χ1v) is 13.3. The van der Waals surface area contributed by atoms with Crippen molar-refractivity contribution in [2.24, 2.45) is 0 Å². The van der Waals surface area contributed by atoms with E-state index < -0.39 is 17.3 Å². The molecule has 0 bridgehead atoms. The fourth-order valence-corrected chi connectivity index (χ4v) is 4.63. The van der Waals surface area contributed by atoms with Crippen LogP contribution in [0.2, 0.25) is 0 Å². The molecule has 1 aromatic heterocycles. The lowest BCUT2D eigenvalue weighted by Gasteiger charge is -2.13. The Kier molecular flexibility index (Phi) is 8.33. The van der Waals surface area contributed by atoms with Gasteiger partial charge in [-0.15, -0.1) is 0 Å². The minimum absolute atomic E-state index is 0.140. The monoisotopic (exact) mass is 541 g/mol. The molecule has 202 valence electrons. The van der Waals surface area contributed by atoms with Gasteiger partial charge in [-0.05, 0) is 49.2 Å². The number of nitrogens with one attached hydrogen (secondary N) is 2. The number of hydrogen-bond donors (Lipinski definition) is 2. The van der Waals surface area contributed by atoms with Gasteiger partial charge in [0.15, 0.2) is 0 Å². The van der Waals surface area contributed by atoms with Crippen LogP contribution in [0.3, 0.4) is 0 Å². The second-order valence-corrected chi connectivity index (χ2v) is 9.46. The normalized spacial score (nSPS) is 10.6. The Morgan fingerprint density at radius 1 is 0.634 bits per heavy atom. The molecule has 0 spiro atoms. The fraction of sp³-hybridized carbons (Fsp3) is 0.121. The molecular formula is C33H27N5O3. The van der Waals surface area contributed by atoms with Crippen molar-refractivity contribution in [2.45, 2.75) is 12.8 Å². The van der Waals surface area contributed by atoms with Crippen LogP contribution in [0, 0.1) is 0 Å². The Morgan fingerprint density at radius 2 is 1.15 bits per heavy atom. The number of Topliss-reactive ketones (excluding diaryl/α,β-unsaturated/α-hetero) is 2. The summed E-state index contributed by atoms with van der Waals surface area (Å²) in [5.41, 5.74) is 12.4. The van der Waals surface area contributed by atoms with E-state index in [-0.39, 0.29) is 17.0 Å². The summed E-state index contributed by atoms with van der Waals surface area (Å²) in [6, 6.07) is 30.1. The molecule has 5 rings (SSSR count). The molecule has 1 amide bonds. The highest BCUT2D eigenvalue weighted by molar-refractivity contribution is 6.70. The van der Waals surface area contributed by atoms with Gasteiger partial charge >= 0.3 is 5.71 Å². The second-order valence-electron chi connectivity index (χ2n) is 9.46. The molecule has 0 saturated carbocycles. The summed E-state index contributed by atoms with van der Waals surface area (Å²) in [6.45, 7) is 1.23. The van der Waals surface area contributed by atoms with Crippen LogP contribution < -0.4 is 10.6 Å². The van der Waals surface area contributed by atoms with E-state index in [2.05, 4.69) is 27.6 Å². The van der Waals surface area contributed by atoms with Gasteiger partial charge < -0.3 is 16.2 Å². The summed E-state index contributed by atoms with van der Waals surface area (Å²) in [5, 5.41) is 8.61. The minimum atomic E-state index is -0.726. The van der Waals surface area contributed by atoms with Crippen LogP contribution in [-0.2, 0) is 0 Å². The van der Waals surface area contributed by atoms with E-state index >= 15 is 0 Å². The van der Waals surface area contributed by atoms with Gasteiger partial charge in [-0.2, -0.15) is 4.79 Å². The minimum Gasteiger partial charge on any atom is -0.384 e. The van der Waals surface area contributed by atoms with Gasteiger partial charge in [0.1, 0.15) is 0 Å². The second kappa shape index (κ2) is 12.6. The third kappa shape index (κ3) is 6.08. The van der Waals surface area contributed by atoms with Crippen molar-refractivity contribution in [3.63, 3.8) is 0 Å². The molecule has 0 fully saturated rings. The molecule has 0 aliphatic heterocycles. The summed E-state index contributed by atoms with van der Waals surface area (Å²) < 4.78 is 0. The number of nitrogens with zero attached hydrogens (tertiary/aromatic N) is 3. The quantitative estimate of drug-likeness (QED) is 0.0419. The van der Waals surface area contributed by atoms with Gasteiger partial charge in [0.2, 0.25) is 0 Å². The first-order chi connectivity index (χ1) is 20.1. The number of anilines is 1. The van der Waals surface area contributed by atoms with Crippen LogP contribution in [0.4, 0.5) is 5.69 Å². The maximum absolute atomic E-state index is 12.8. The summed E-state index contributed by atoms with van der Waals surface area (Å²) in [5.74, 6) is -1.67. The summed E-state index contributed by atoms with van der Waals surface area (Å²) in [4.78, 5) is 45.7. The standard InChI is InChI=1S/C33H27N5O3/c34-38-30(31(39)22-10-2-1-3-11-22)32(40)23-16-18-24(19-17-23)33(41)36-21-9-8-20-35-29-25-12-4-6-14-27(25)37-28-15-7-5-13-26(28)29/h1-7,10-19H,8-9,20-21H2,(H,35,37)(H,36,41). The van der Waals surface area contributed by atoms with E-state index in [0.717, 1.165) is 46.9 Å². The van der Waals surface area contributed by atoms with Gasteiger partial charge in [-0.25, -0.2) is 4.98 Å². The van der Waals surface area contributed by atoms with Gasteiger partial charge in [0, 0.05) is 40.6 Å². The van der Waals surface area contributed by atoms with Gasteiger partial charge in [0.05, 0.1) is 16.7 Å². The maximum atomic E-state index is 12.8. The number of unbranched alkanes of at least 4 members (excludes halogenated alkanes) is 1. The van der Waals surface area contributed by atoms with Crippen molar-refractivity contribution < 1.29 is 19.2 Å². The average Bonchev–Trinajstić information content (AvgIpc) is 3.02. The van der Waals surface area contributed by atoms with Crippen molar-refractivity contribution in [3.05, 3.63) is 125 Å². The smallest absolute Gasteiger partial charge is 0.384 e. The van der Waals surface area contributed by atoms with Crippen LogP contribution in [0.15, 0.2) is 103 Å². The first kappa shape index (κ1) is 27.1. The number of para-hydroxylation sites is 2. The SMILES string of the molecule is [N-]=[N+]=C(C(=O)c1ccccc1)C(=O)c1ccc(C(=O)NCCCCNc2c3ccccc3nc3ccccc23)cc1. The van der Waals surface area contributed by atoms with Crippen LogP contribution in [0.25, 0.3) is 27.3 Å². The number of rotatable bonds is 11. The van der Waals surface area contributed by atoms with E-state index in [1.54, 1.807) is 18.2 Å². The van der Waals surface area contributed by atoms with Gasteiger partial charge in [-0.1, -0.05) is 66.7 Å². The van der Waals surface area contributed by atoms with Crippen molar-refractivity contribution in [1.29, 1.82) is 0 Å². The van der Waals surface area contributed by atoms with E-state index in [9.17, 15) is 19.9 Å². The molecular weight excluding hydrogens is 514 g/mol. The molecule has 0 atom stereocenters. The van der Waals surface area contributed by atoms with Crippen LogP contribution in [0.5, 0.6) is 0 Å². The number of carbonyl (C=O) groups is 3.